The molecular weight excluding hydrogens is 358 g/mol. The number of hydrogen-bond acceptors (Lipinski definition) is 6. The third-order valence-electron chi connectivity index (χ3n) is 4.29. The molecule has 0 saturated heterocycles. The van der Waals surface area contributed by atoms with Gasteiger partial charge in [0.15, 0.2) is 11.5 Å². The van der Waals surface area contributed by atoms with Crippen LogP contribution in [0.1, 0.15) is 15.9 Å². The number of nitrogens with one attached hydrogen (secondary N) is 2. The van der Waals surface area contributed by atoms with Crippen molar-refractivity contribution in [3.05, 3.63) is 71.9 Å². The molecule has 4 rings (SSSR count). The van der Waals surface area contributed by atoms with Crippen LogP contribution in [0.4, 0.5) is 11.5 Å². The predicted octanol–water partition coefficient (Wildman–Crippen LogP) is 3.68. The van der Waals surface area contributed by atoms with Crippen molar-refractivity contribution in [1.82, 2.24) is 4.98 Å². The summed E-state index contributed by atoms with van der Waals surface area (Å²) in [6.07, 6.45) is 1.61. The van der Waals surface area contributed by atoms with Crippen LogP contribution in [0.3, 0.4) is 0 Å². The lowest BCUT2D eigenvalue weighted by Crippen LogP contribution is -2.12. The van der Waals surface area contributed by atoms with Crippen LogP contribution < -0.4 is 24.8 Å². The van der Waals surface area contributed by atoms with Crippen molar-refractivity contribution in [2.75, 3.05) is 24.5 Å². The van der Waals surface area contributed by atoms with Crippen LogP contribution in [0.25, 0.3) is 0 Å². The molecule has 3 aromatic rings. The first-order chi connectivity index (χ1) is 13.7. The normalized spacial score (nSPS) is 11.8. The predicted molar refractivity (Wildman–Crippen MR) is 105 cm³/mol. The molecule has 0 unspecified atom stereocenters. The van der Waals surface area contributed by atoms with Crippen molar-refractivity contribution in [1.29, 1.82) is 0 Å². The molecule has 0 spiro atoms. The standard InChI is InChI=1S/C21H19N3O4/c1-26-17-6-2-14(3-7-17)11-22-20-9-5-16(12-23-20)24-21(25)15-4-8-18-19(10-15)28-13-27-18/h2-10,12H,11,13H2,1H3,(H,22,23)(H,24,25). The SMILES string of the molecule is COc1ccc(CNc2ccc(NC(=O)c3ccc4c(c3)OCO4)cn2)cc1. The Hall–Kier alpha value is -3.74. The monoisotopic (exact) mass is 377 g/mol. The molecule has 0 radical (unpaired) electrons. The highest BCUT2D eigenvalue weighted by molar-refractivity contribution is 6.04. The molecule has 0 fully saturated rings. The van der Waals surface area contributed by atoms with Gasteiger partial charge in [0.1, 0.15) is 11.6 Å². The summed E-state index contributed by atoms with van der Waals surface area (Å²) in [5.74, 6) is 2.52. The zero-order valence-electron chi connectivity index (χ0n) is 15.3. The maximum Gasteiger partial charge on any atom is 0.255 e. The van der Waals surface area contributed by atoms with Gasteiger partial charge in [-0.2, -0.15) is 0 Å². The second-order valence-electron chi connectivity index (χ2n) is 6.16. The number of methoxy groups -OCH3 is 1. The van der Waals surface area contributed by atoms with E-state index in [0.29, 0.717) is 29.3 Å². The van der Waals surface area contributed by atoms with Crippen LogP contribution in [0, 0.1) is 0 Å². The molecule has 0 bridgehead atoms. The van der Waals surface area contributed by atoms with Gasteiger partial charge < -0.3 is 24.8 Å². The van der Waals surface area contributed by atoms with Gasteiger partial charge >= 0.3 is 0 Å². The maximum absolute atomic E-state index is 12.4. The summed E-state index contributed by atoms with van der Waals surface area (Å²) in [5, 5.41) is 6.07. The number of ether oxygens (including phenoxy) is 3. The van der Waals surface area contributed by atoms with Gasteiger partial charge in [0.2, 0.25) is 6.79 Å². The van der Waals surface area contributed by atoms with Crippen LogP contribution in [0.15, 0.2) is 60.8 Å². The van der Waals surface area contributed by atoms with Gasteiger partial charge in [-0.1, -0.05) is 12.1 Å². The Morgan fingerprint density at radius 2 is 1.89 bits per heavy atom. The Labute approximate surface area is 162 Å². The topological polar surface area (TPSA) is 81.7 Å². The van der Waals surface area contributed by atoms with Gasteiger partial charge in [-0.15, -0.1) is 0 Å². The molecule has 2 N–H and O–H groups in total. The molecule has 0 saturated carbocycles. The summed E-state index contributed by atoms with van der Waals surface area (Å²) in [4.78, 5) is 16.7. The number of anilines is 2. The van der Waals surface area contributed by atoms with Gasteiger partial charge in [0.05, 0.1) is 19.0 Å². The van der Waals surface area contributed by atoms with E-state index < -0.39 is 0 Å². The highest BCUT2D eigenvalue weighted by Crippen LogP contribution is 2.32. The summed E-state index contributed by atoms with van der Waals surface area (Å²) in [5.41, 5.74) is 2.21. The van der Waals surface area contributed by atoms with E-state index >= 15 is 0 Å². The van der Waals surface area contributed by atoms with E-state index in [4.69, 9.17) is 14.2 Å². The number of benzene rings is 2. The number of hydrogen-bond donors (Lipinski definition) is 2. The van der Waals surface area contributed by atoms with Gasteiger partial charge in [0.25, 0.3) is 5.91 Å². The van der Waals surface area contributed by atoms with E-state index in [0.717, 1.165) is 17.1 Å². The summed E-state index contributed by atoms with van der Waals surface area (Å²) in [6.45, 7) is 0.815. The van der Waals surface area contributed by atoms with Crippen molar-refractivity contribution in [3.8, 4) is 17.2 Å². The number of aromatic nitrogens is 1. The molecule has 2 aromatic carbocycles. The molecule has 1 aromatic heterocycles. The lowest BCUT2D eigenvalue weighted by atomic mass is 10.2. The molecule has 2 heterocycles. The summed E-state index contributed by atoms with van der Waals surface area (Å²) in [6, 6.07) is 16.5. The quantitative estimate of drug-likeness (QED) is 0.682. The number of carbonyl (C=O) groups excluding carboxylic acids is 1. The van der Waals surface area contributed by atoms with Gasteiger partial charge in [-0.25, -0.2) is 4.98 Å². The van der Waals surface area contributed by atoms with Gasteiger partial charge in [0, 0.05) is 12.1 Å². The average molecular weight is 377 g/mol. The first-order valence-electron chi connectivity index (χ1n) is 8.75. The molecule has 7 heteroatoms. The number of pyridine rings is 1. The molecule has 28 heavy (non-hydrogen) atoms. The van der Waals surface area contributed by atoms with Crippen LogP contribution in [0.2, 0.25) is 0 Å². The van der Waals surface area contributed by atoms with Crippen LogP contribution in [-0.4, -0.2) is 24.8 Å². The van der Waals surface area contributed by atoms with E-state index in [1.165, 1.54) is 0 Å². The Kier molecular flexibility index (Phi) is 4.97. The maximum atomic E-state index is 12.4. The number of carbonyl (C=O) groups is 1. The van der Waals surface area contributed by atoms with Gasteiger partial charge in [-0.05, 0) is 48.0 Å². The second kappa shape index (κ2) is 7.87. The third-order valence-corrected chi connectivity index (χ3v) is 4.29. The van der Waals surface area contributed by atoms with Crippen LogP contribution in [-0.2, 0) is 6.54 Å². The fourth-order valence-corrected chi connectivity index (χ4v) is 2.75. The number of fused-ring (bicyclic) bond motifs is 1. The number of amides is 1. The van der Waals surface area contributed by atoms with E-state index in [-0.39, 0.29) is 12.7 Å². The molecule has 142 valence electrons. The highest BCUT2D eigenvalue weighted by atomic mass is 16.7. The molecule has 1 amide bonds. The number of rotatable bonds is 6. The summed E-state index contributed by atoms with van der Waals surface area (Å²) < 4.78 is 15.7. The minimum Gasteiger partial charge on any atom is -0.497 e. The molecule has 0 atom stereocenters. The van der Waals surface area contributed by atoms with E-state index in [9.17, 15) is 4.79 Å². The largest absolute Gasteiger partial charge is 0.497 e. The van der Waals surface area contributed by atoms with Crippen molar-refractivity contribution in [2.24, 2.45) is 0 Å². The van der Waals surface area contributed by atoms with Gasteiger partial charge in [-0.3, -0.25) is 4.79 Å². The summed E-state index contributed by atoms with van der Waals surface area (Å²) in [7, 11) is 1.64. The van der Waals surface area contributed by atoms with E-state index in [2.05, 4.69) is 15.6 Å². The molecular formula is C21H19N3O4. The minimum atomic E-state index is -0.237. The molecule has 1 aliphatic rings. The molecule has 1 aliphatic heterocycles. The highest BCUT2D eigenvalue weighted by Gasteiger charge is 2.16. The fraction of sp³-hybridized carbons (Fsp3) is 0.143. The van der Waals surface area contributed by atoms with Crippen LogP contribution in [0.5, 0.6) is 17.2 Å². The smallest absolute Gasteiger partial charge is 0.255 e. The lowest BCUT2D eigenvalue weighted by Gasteiger charge is -2.09. The van der Waals surface area contributed by atoms with Crippen LogP contribution >= 0.6 is 0 Å². The first-order valence-corrected chi connectivity index (χ1v) is 8.75. The molecule has 7 nitrogen and oxygen atoms in total. The minimum absolute atomic E-state index is 0.176. The fourth-order valence-electron chi connectivity index (χ4n) is 2.75. The zero-order chi connectivity index (χ0) is 19.3. The van der Waals surface area contributed by atoms with Crippen molar-refractivity contribution >= 4 is 17.4 Å². The Balaban J connectivity index is 1.34. The van der Waals surface area contributed by atoms with E-state index in [1.54, 1.807) is 37.6 Å². The van der Waals surface area contributed by atoms with Crippen molar-refractivity contribution in [3.63, 3.8) is 0 Å². The summed E-state index contributed by atoms with van der Waals surface area (Å²) >= 11 is 0. The number of nitrogens with zero attached hydrogens (tertiary/aromatic N) is 1. The Bertz CT molecular complexity index is 972. The van der Waals surface area contributed by atoms with E-state index in [1.807, 2.05) is 30.3 Å². The Morgan fingerprint density at radius 1 is 1.07 bits per heavy atom. The first kappa shape index (κ1) is 17.7. The average Bonchev–Trinajstić information content (AvgIpc) is 3.21. The second-order valence-corrected chi connectivity index (χ2v) is 6.16. The molecule has 0 aliphatic carbocycles. The van der Waals surface area contributed by atoms with Crippen molar-refractivity contribution in [2.45, 2.75) is 6.54 Å². The lowest BCUT2D eigenvalue weighted by molar-refractivity contribution is 0.102. The van der Waals surface area contributed by atoms with Crippen molar-refractivity contribution < 1.29 is 19.0 Å². The zero-order valence-corrected chi connectivity index (χ0v) is 15.3. The Morgan fingerprint density at radius 3 is 2.64 bits per heavy atom. The third kappa shape index (κ3) is 3.98.